The fourth-order valence-electron chi connectivity index (χ4n) is 3.29. The highest BCUT2D eigenvalue weighted by atomic mass is 32.2. The van der Waals surface area contributed by atoms with Crippen LogP contribution in [0.3, 0.4) is 0 Å². The van der Waals surface area contributed by atoms with Gasteiger partial charge in [0.05, 0.1) is 0 Å². The summed E-state index contributed by atoms with van der Waals surface area (Å²) >= 11 is 0. The summed E-state index contributed by atoms with van der Waals surface area (Å²) in [5.41, 5.74) is 3.01. The lowest BCUT2D eigenvalue weighted by Gasteiger charge is -2.22. The van der Waals surface area contributed by atoms with Crippen LogP contribution >= 0.6 is 0 Å². The quantitative estimate of drug-likeness (QED) is 0.499. The molecule has 0 fully saturated rings. The zero-order valence-electron chi connectivity index (χ0n) is 17.1. The van der Waals surface area contributed by atoms with Crippen LogP contribution < -0.4 is 4.18 Å². The Morgan fingerprint density at radius 3 is 2.14 bits per heavy atom. The van der Waals surface area contributed by atoms with Crippen molar-refractivity contribution in [1.29, 1.82) is 0 Å². The van der Waals surface area contributed by atoms with Gasteiger partial charge < -0.3 is 9.08 Å². The third kappa shape index (κ3) is 5.46. The zero-order chi connectivity index (χ0) is 20.9. The van der Waals surface area contributed by atoms with Gasteiger partial charge in [0.1, 0.15) is 10.6 Å². The molecule has 0 spiro atoms. The fourth-order valence-corrected chi connectivity index (χ4v) is 4.24. The smallest absolute Gasteiger partial charge is 0.339 e. The molecular weight excluding hydrogens is 382 g/mol. The number of para-hydroxylation sites is 1. The molecule has 0 radical (unpaired) electrons. The molecule has 29 heavy (non-hydrogen) atoms. The van der Waals surface area contributed by atoms with Crippen molar-refractivity contribution in [3.63, 3.8) is 0 Å². The fraction of sp³-hybridized carbons (Fsp3) is 0.250. The number of hydrogen-bond acceptors (Lipinski definition) is 4. The van der Waals surface area contributed by atoms with Gasteiger partial charge in [-0.15, -0.1) is 0 Å². The molecule has 0 unspecified atom stereocenters. The van der Waals surface area contributed by atoms with Crippen LogP contribution in [0.2, 0.25) is 0 Å². The lowest BCUT2D eigenvalue weighted by atomic mass is 9.88. The number of benzene rings is 3. The van der Waals surface area contributed by atoms with Gasteiger partial charge in [-0.25, -0.2) is 0 Å². The molecule has 3 aromatic rings. The summed E-state index contributed by atoms with van der Waals surface area (Å²) in [6.45, 7) is 2.79. The molecule has 0 aromatic heterocycles. The second-order valence-electron chi connectivity index (χ2n) is 7.44. The average Bonchev–Trinajstić information content (AvgIpc) is 2.70. The van der Waals surface area contributed by atoms with Gasteiger partial charge in [-0.2, -0.15) is 8.42 Å². The van der Waals surface area contributed by atoms with Crippen molar-refractivity contribution in [2.24, 2.45) is 0 Å². The van der Waals surface area contributed by atoms with Crippen molar-refractivity contribution >= 4 is 10.1 Å². The minimum absolute atomic E-state index is 0.0306. The monoisotopic (exact) mass is 409 g/mol. The summed E-state index contributed by atoms with van der Waals surface area (Å²) in [6, 6.07) is 24.2. The number of hydrogen-bond donors (Lipinski definition) is 0. The molecule has 0 aliphatic carbocycles. The van der Waals surface area contributed by atoms with Crippen LogP contribution in [0.1, 0.15) is 29.0 Å². The molecule has 0 N–H and O–H groups in total. The minimum Gasteiger partial charge on any atom is -0.379 e. The highest BCUT2D eigenvalue weighted by Gasteiger charge is 2.23. The molecular formula is C24H27NO3S. The number of rotatable bonds is 8. The van der Waals surface area contributed by atoms with Crippen LogP contribution in [-0.4, -0.2) is 34.0 Å². The van der Waals surface area contributed by atoms with E-state index in [4.69, 9.17) is 4.18 Å². The van der Waals surface area contributed by atoms with Gasteiger partial charge in [0.2, 0.25) is 0 Å². The molecule has 0 amide bonds. The lowest BCUT2D eigenvalue weighted by Crippen LogP contribution is -2.18. The van der Waals surface area contributed by atoms with Gasteiger partial charge in [0, 0.05) is 11.5 Å². The summed E-state index contributed by atoms with van der Waals surface area (Å²) in [6.07, 6.45) is 0.849. The van der Waals surface area contributed by atoms with Gasteiger partial charge in [-0.3, -0.25) is 0 Å². The molecule has 3 aromatic carbocycles. The van der Waals surface area contributed by atoms with Crippen LogP contribution in [-0.2, 0) is 10.1 Å². The summed E-state index contributed by atoms with van der Waals surface area (Å²) in [7, 11) is 0.158. The van der Waals surface area contributed by atoms with Gasteiger partial charge in [-0.05, 0) is 57.7 Å². The van der Waals surface area contributed by atoms with Gasteiger partial charge in [0.15, 0.2) is 0 Å². The van der Waals surface area contributed by atoms with E-state index in [2.05, 4.69) is 17.0 Å². The largest absolute Gasteiger partial charge is 0.379 e. The van der Waals surface area contributed by atoms with E-state index in [-0.39, 0.29) is 10.8 Å². The molecule has 0 aliphatic heterocycles. The Balaban J connectivity index is 1.98. The first kappa shape index (κ1) is 21.1. The highest BCUT2D eigenvalue weighted by Crippen LogP contribution is 2.35. The van der Waals surface area contributed by atoms with Gasteiger partial charge >= 0.3 is 10.1 Å². The Bertz CT molecular complexity index is 1030. The first-order valence-corrected chi connectivity index (χ1v) is 11.1. The Labute approximate surface area is 173 Å². The maximum Gasteiger partial charge on any atom is 0.339 e. The van der Waals surface area contributed by atoms with E-state index in [0.717, 1.165) is 29.7 Å². The lowest BCUT2D eigenvalue weighted by molar-refractivity contribution is 0.388. The first-order valence-electron chi connectivity index (χ1n) is 9.66. The Kier molecular flexibility index (Phi) is 6.72. The zero-order valence-corrected chi connectivity index (χ0v) is 17.9. The number of nitrogens with zero attached hydrogens (tertiary/aromatic N) is 1. The molecule has 1 atom stereocenters. The van der Waals surface area contributed by atoms with Crippen molar-refractivity contribution in [2.45, 2.75) is 24.2 Å². The predicted octanol–water partition coefficient (Wildman–Crippen LogP) is 4.85. The maximum atomic E-state index is 12.9. The van der Waals surface area contributed by atoms with Gasteiger partial charge in [-0.1, -0.05) is 66.2 Å². The van der Waals surface area contributed by atoms with E-state index in [1.165, 1.54) is 0 Å². The highest BCUT2D eigenvalue weighted by molar-refractivity contribution is 7.87. The SMILES string of the molecule is Cc1ccc(S(=O)(=O)Oc2ccccc2[C@H](CCN(C)C)c2ccccc2)cc1. The summed E-state index contributed by atoms with van der Waals surface area (Å²) < 4.78 is 31.3. The van der Waals surface area contributed by atoms with E-state index < -0.39 is 10.1 Å². The van der Waals surface area contributed by atoms with E-state index in [1.807, 2.05) is 51.4 Å². The van der Waals surface area contributed by atoms with Crippen LogP contribution in [0.4, 0.5) is 0 Å². The average molecular weight is 410 g/mol. The second-order valence-corrected chi connectivity index (χ2v) is 8.99. The van der Waals surface area contributed by atoms with Crippen LogP contribution in [0.15, 0.2) is 83.8 Å². The van der Waals surface area contributed by atoms with Crippen molar-refractivity contribution < 1.29 is 12.6 Å². The van der Waals surface area contributed by atoms with E-state index in [0.29, 0.717) is 5.75 Å². The Morgan fingerprint density at radius 2 is 1.48 bits per heavy atom. The Morgan fingerprint density at radius 1 is 0.862 bits per heavy atom. The standard InChI is InChI=1S/C24H27NO3S/c1-19-13-15-21(16-14-19)29(26,27)28-24-12-8-7-11-23(24)22(17-18-25(2)3)20-9-5-4-6-10-20/h4-16,22H,17-18H2,1-3H3/t22-/m1/s1. The van der Waals surface area contributed by atoms with E-state index in [1.54, 1.807) is 36.4 Å². The van der Waals surface area contributed by atoms with Gasteiger partial charge in [0.25, 0.3) is 0 Å². The summed E-state index contributed by atoms with van der Waals surface area (Å²) in [4.78, 5) is 2.28. The molecule has 5 heteroatoms. The molecule has 0 heterocycles. The maximum absolute atomic E-state index is 12.9. The van der Waals surface area contributed by atoms with Crippen LogP contribution in [0.5, 0.6) is 5.75 Å². The van der Waals surface area contributed by atoms with E-state index >= 15 is 0 Å². The molecule has 152 valence electrons. The summed E-state index contributed by atoms with van der Waals surface area (Å²) in [5, 5.41) is 0. The topological polar surface area (TPSA) is 46.6 Å². The van der Waals surface area contributed by atoms with Crippen molar-refractivity contribution in [3.8, 4) is 5.75 Å². The van der Waals surface area contributed by atoms with Crippen LogP contribution in [0.25, 0.3) is 0 Å². The minimum atomic E-state index is -3.91. The van der Waals surface area contributed by atoms with Crippen LogP contribution in [0, 0.1) is 6.92 Å². The second kappa shape index (κ2) is 9.25. The van der Waals surface area contributed by atoms with E-state index in [9.17, 15) is 8.42 Å². The normalized spacial score (nSPS) is 12.7. The first-order chi connectivity index (χ1) is 13.9. The van der Waals surface area contributed by atoms with Crippen molar-refractivity contribution in [1.82, 2.24) is 4.90 Å². The summed E-state index contributed by atoms with van der Waals surface area (Å²) in [5.74, 6) is 0.406. The molecule has 4 nitrogen and oxygen atoms in total. The number of aryl methyl sites for hydroxylation is 1. The molecule has 0 bridgehead atoms. The molecule has 0 saturated carbocycles. The molecule has 3 rings (SSSR count). The third-order valence-electron chi connectivity index (χ3n) is 4.87. The Hall–Kier alpha value is -2.63. The third-order valence-corrected chi connectivity index (χ3v) is 6.12. The molecule has 0 aliphatic rings. The molecule has 0 saturated heterocycles. The predicted molar refractivity (Wildman–Crippen MR) is 117 cm³/mol. The van der Waals surface area contributed by atoms with Crippen molar-refractivity contribution in [3.05, 3.63) is 95.6 Å². The van der Waals surface area contributed by atoms with Crippen molar-refractivity contribution in [2.75, 3.05) is 20.6 Å².